The van der Waals surface area contributed by atoms with Crippen LogP contribution in [0, 0.1) is 0 Å². The smallest absolute Gasteiger partial charge is 0.220 e. The van der Waals surface area contributed by atoms with Gasteiger partial charge in [0.25, 0.3) is 0 Å². The molecule has 4 nitrogen and oxygen atoms in total. The van der Waals surface area contributed by atoms with Crippen LogP contribution in [0.4, 0.5) is 5.95 Å². The van der Waals surface area contributed by atoms with Crippen molar-refractivity contribution < 1.29 is 0 Å². The zero-order valence-electron chi connectivity index (χ0n) is 9.48. The van der Waals surface area contributed by atoms with E-state index >= 15 is 0 Å². The molecule has 0 aliphatic carbocycles. The Morgan fingerprint density at radius 3 is 2.81 bits per heavy atom. The number of unbranched alkanes of at least 4 members (excludes halogenated alkanes) is 2. The van der Waals surface area contributed by atoms with Crippen LogP contribution in [0.5, 0.6) is 0 Å². The summed E-state index contributed by atoms with van der Waals surface area (Å²) in [5, 5.41) is 0. The van der Waals surface area contributed by atoms with Gasteiger partial charge < -0.3 is 5.73 Å². The van der Waals surface area contributed by atoms with E-state index in [9.17, 15) is 0 Å². The molecule has 2 rings (SSSR count). The quantitative estimate of drug-likeness (QED) is 0.797. The fourth-order valence-corrected chi connectivity index (χ4v) is 1.67. The van der Waals surface area contributed by atoms with Gasteiger partial charge in [0.05, 0.1) is 11.7 Å². The minimum atomic E-state index is 0.299. The van der Waals surface area contributed by atoms with E-state index in [1.165, 1.54) is 19.3 Å². The summed E-state index contributed by atoms with van der Waals surface area (Å²) in [6.07, 6.45) is 6.37. The lowest BCUT2D eigenvalue weighted by atomic mass is 10.1. The van der Waals surface area contributed by atoms with Crippen molar-refractivity contribution in [3.8, 4) is 0 Å². The van der Waals surface area contributed by atoms with Gasteiger partial charge in [-0.15, -0.1) is 0 Å². The van der Waals surface area contributed by atoms with E-state index in [0.29, 0.717) is 5.95 Å². The van der Waals surface area contributed by atoms with E-state index in [1.807, 2.05) is 12.1 Å². The molecule has 2 N–H and O–H groups in total. The lowest BCUT2D eigenvalue weighted by Crippen LogP contribution is -1.97. The van der Waals surface area contributed by atoms with Gasteiger partial charge in [-0.25, -0.2) is 15.0 Å². The van der Waals surface area contributed by atoms with E-state index < -0.39 is 0 Å². The Bertz CT molecular complexity index is 481. The van der Waals surface area contributed by atoms with Crippen molar-refractivity contribution in [2.75, 3.05) is 5.73 Å². The van der Waals surface area contributed by atoms with Crippen molar-refractivity contribution in [3.05, 3.63) is 24.0 Å². The van der Waals surface area contributed by atoms with Crippen molar-refractivity contribution in [2.24, 2.45) is 0 Å². The number of pyridine rings is 1. The third-order valence-electron chi connectivity index (χ3n) is 2.55. The number of hydrogen-bond acceptors (Lipinski definition) is 4. The summed E-state index contributed by atoms with van der Waals surface area (Å²) in [5.41, 5.74) is 8.25. The van der Waals surface area contributed by atoms with Crippen molar-refractivity contribution >= 4 is 17.0 Å². The molecule has 0 spiro atoms. The molecular weight excluding hydrogens is 200 g/mol. The maximum Gasteiger partial charge on any atom is 0.220 e. The minimum absolute atomic E-state index is 0.299. The summed E-state index contributed by atoms with van der Waals surface area (Å²) < 4.78 is 0. The Hall–Kier alpha value is -1.71. The molecule has 0 fully saturated rings. The topological polar surface area (TPSA) is 64.7 Å². The first-order valence-corrected chi connectivity index (χ1v) is 5.67. The van der Waals surface area contributed by atoms with E-state index in [0.717, 1.165) is 23.1 Å². The third kappa shape index (κ3) is 2.45. The first kappa shape index (κ1) is 10.8. The average Bonchev–Trinajstić information content (AvgIpc) is 2.29. The lowest BCUT2D eigenvalue weighted by Gasteiger charge is -2.02. The third-order valence-corrected chi connectivity index (χ3v) is 2.55. The van der Waals surface area contributed by atoms with Crippen molar-refractivity contribution in [1.29, 1.82) is 0 Å². The molecular formula is C12H16N4. The predicted molar refractivity (Wildman–Crippen MR) is 65.0 cm³/mol. The van der Waals surface area contributed by atoms with Crippen LogP contribution in [-0.4, -0.2) is 15.0 Å². The molecule has 0 atom stereocenters. The highest BCUT2D eigenvalue weighted by molar-refractivity contribution is 5.74. The minimum Gasteiger partial charge on any atom is -0.368 e. The Morgan fingerprint density at radius 2 is 2.00 bits per heavy atom. The van der Waals surface area contributed by atoms with Gasteiger partial charge in [-0.3, -0.25) is 0 Å². The van der Waals surface area contributed by atoms with Crippen LogP contribution in [0.25, 0.3) is 11.0 Å². The van der Waals surface area contributed by atoms with Crippen LogP contribution in [-0.2, 0) is 6.42 Å². The Kier molecular flexibility index (Phi) is 3.29. The SMILES string of the molecule is CCCCCc1ccc2nc(N)ncc2n1. The van der Waals surface area contributed by atoms with Gasteiger partial charge in [0.15, 0.2) is 0 Å². The molecule has 0 aliphatic heterocycles. The highest BCUT2D eigenvalue weighted by Crippen LogP contribution is 2.12. The highest BCUT2D eigenvalue weighted by Gasteiger charge is 2.00. The molecule has 0 amide bonds. The monoisotopic (exact) mass is 216 g/mol. The molecule has 0 unspecified atom stereocenters. The standard InChI is InChI=1S/C12H16N4/c1-2-3-4-5-9-6-7-10-11(15-9)8-14-12(13)16-10/h6-8H,2-5H2,1H3,(H2,13,14,16). The van der Waals surface area contributed by atoms with E-state index in [-0.39, 0.29) is 0 Å². The number of rotatable bonds is 4. The molecule has 0 aromatic carbocycles. The van der Waals surface area contributed by atoms with Crippen LogP contribution >= 0.6 is 0 Å². The summed E-state index contributed by atoms with van der Waals surface area (Å²) in [6.45, 7) is 2.20. The van der Waals surface area contributed by atoms with Gasteiger partial charge in [-0.1, -0.05) is 19.8 Å². The van der Waals surface area contributed by atoms with Crippen LogP contribution in [0.15, 0.2) is 18.3 Å². The summed E-state index contributed by atoms with van der Waals surface area (Å²) >= 11 is 0. The number of fused-ring (bicyclic) bond motifs is 1. The maximum atomic E-state index is 5.51. The maximum absolute atomic E-state index is 5.51. The predicted octanol–water partition coefficient (Wildman–Crippen LogP) is 2.34. The number of hydrogen-bond donors (Lipinski definition) is 1. The van der Waals surface area contributed by atoms with E-state index in [1.54, 1.807) is 6.20 Å². The molecule has 2 aromatic heterocycles. The van der Waals surface area contributed by atoms with Crippen molar-refractivity contribution in [1.82, 2.24) is 15.0 Å². The molecule has 0 saturated heterocycles. The summed E-state index contributed by atoms with van der Waals surface area (Å²) in [5.74, 6) is 0.299. The zero-order chi connectivity index (χ0) is 11.4. The van der Waals surface area contributed by atoms with Gasteiger partial charge in [-0.05, 0) is 25.0 Å². The number of nitrogens with two attached hydrogens (primary N) is 1. The molecule has 4 heteroatoms. The molecule has 0 saturated carbocycles. The van der Waals surface area contributed by atoms with Gasteiger partial charge in [-0.2, -0.15) is 0 Å². The van der Waals surface area contributed by atoms with Gasteiger partial charge in [0.1, 0.15) is 5.52 Å². The first-order chi connectivity index (χ1) is 7.79. The molecule has 84 valence electrons. The second-order valence-electron chi connectivity index (χ2n) is 3.89. The summed E-state index contributed by atoms with van der Waals surface area (Å²) in [6, 6.07) is 3.98. The highest BCUT2D eigenvalue weighted by atomic mass is 15.0. The molecule has 16 heavy (non-hydrogen) atoms. The average molecular weight is 216 g/mol. The van der Waals surface area contributed by atoms with Crippen LogP contribution in [0.1, 0.15) is 31.9 Å². The number of aromatic nitrogens is 3. The van der Waals surface area contributed by atoms with E-state index in [2.05, 4.69) is 21.9 Å². The first-order valence-electron chi connectivity index (χ1n) is 5.67. The zero-order valence-corrected chi connectivity index (χ0v) is 9.48. The summed E-state index contributed by atoms with van der Waals surface area (Å²) in [4.78, 5) is 12.6. The largest absolute Gasteiger partial charge is 0.368 e. The molecule has 0 aliphatic rings. The van der Waals surface area contributed by atoms with Gasteiger partial charge in [0.2, 0.25) is 5.95 Å². The number of anilines is 1. The Labute approximate surface area is 94.9 Å². The van der Waals surface area contributed by atoms with Crippen molar-refractivity contribution in [3.63, 3.8) is 0 Å². The van der Waals surface area contributed by atoms with E-state index in [4.69, 9.17) is 5.73 Å². The van der Waals surface area contributed by atoms with Crippen LogP contribution in [0.3, 0.4) is 0 Å². The van der Waals surface area contributed by atoms with Gasteiger partial charge >= 0.3 is 0 Å². The molecule has 2 aromatic rings. The molecule has 0 bridgehead atoms. The second-order valence-corrected chi connectivity index (χ2v) is 3.89. The molecule has 2 heterocycles. The van der Waals surface area contributed by atoms with Crippen LogP contribution in [0.2, 0.25) is 0 Å². The lowest BCUT2D eigenvalue weighted by molar-refractivity contribution is 0.709. The number of aryl methyl sites for hydroxylation is 1. The Morgan fingerprint density at radius 1 is 1.12 bits per heavy atom. The fraction of sp³-hybridized carbons (Fsp3) is 0.417. The Balaban J connectivity index is 2.20. The number of nitrogens with zero attached hydrogens (tertiary/aromatic N) is 3. The van der Waals surface area contributed by atoms with Crippen LogP contribution < -0.4 is 5.73 Å². The number of nitrogen functional groups attached to an aromatic ring is 1. The summed E-state index contributed by atoms with van der Waals surface area (Å²) in [7, 11) is 0. The second kappa shape index (κ2) is 4.88. The normalized spacial score (nSPS) is 10.8. The fourth-order valence-electron chi connectivity index (χ4n) is 1.67. The van der Waals surface area contributed by atoms with Gasteiger partial charge in [0, 0.05) is 5.69 Å². The van der Waals surface area contributed by atoms with Crippen molar-refractivity contribution in [2.45, 2.75) is 32.6 Å². The molecule has 0 radical (unpaired) electrons.